The maximum Gasteiger partial charge on any atom is 0.328 e. The summed E-state index contributed by atoms with van der Waals surface area (Å²) in [6, 6.07) is 12.4. The van der Waals surface area contributed by atoms with E-state index < -0.39 is 11.9 Å². The number of carbonyl (C=O) groups excluding carboxylic acids is 2. The topological polar surface area (TPSA) is 118 Å². The van der Waals surface area contributed by atoms with Crippen molar-refractivity contribution in [3.8, 4) is 5.75 Å². The van der Waals surface area contributed by atoms with Crippen LogP contribution in [0.25, 0.3) is 10.2 Å². The Hall–Kier alpha value is -3.37. The van der Waals surface area contributed by atoms with Crippen LogP contribution in [0.4, 0.5) is 10.8 Å². The number of aromatic nitrogens is 1. The number of aliphatic carboxylic acids is 1. The molecular weight excluding hydrogens is 426 g/mol. The first-order valence-corrected chi connectivity index (χ1v) is 10.4. The molecule has 1 aromatic heterocycles. The van der Waals surface area contributed by atoms with E-state index >= 15 is 0 Å². The molecule has 0 aliphatic rings. The van der Waals surface area contributed by atoms with Gasteiger partial charge in [0.2, 0.25) is 11.8 Å². The molecule has 0 radical (unpaired) electrons. The van der Waals surface area contributed by atoms with Crippen LogP contribution in [-0.2, 0) is 14.4 Å². The Bertz CT molecular complexity index is 1110. The maximum absolute atomic E-state index is 12.2. The summed E-state index contributed by atoms with van der Waals surface area (Å²) in [6.45, 7) is 0. The Kier molecular flexibility index (Phi) is 7.04. The number of thiazole rings is 1. The lowest BCUT2D eigenvalue weighted by Crippen LogP contribution is -2.13. The van der Waals surface area contributed by atoms with Crippen molar-refractivity contribution in [2.24, 2.45) is 0 Å². The number of methoxy groups -OCH3 is 1. The first-order chi connectivity index (χ1) is 14.4. The second kappa shape index (κ2) is 9.90. The van der Waals surface area contributed by atoms with Crippen molar-refractivity contribution < 1.29 is 24.2 Å². The van der Waals surface area contributed by atoms with Crippen LogP contribution < -0.4 is 15.4 Å². The summed E-state index contributed by atoms with van der Waals surface area (Å²) in [4.78, 5) is 39.4. The van der Waals surface area contributed by atoms with E-state index in [1.54, 1.807) is 31.4 Å². The molecule has 3 rings (SSSR count). The molecule has 2 amide bonds. The third-order valence-corrected chi connectivity index (χ3v) is 5.66. The van der Waals surface area contributed by atoms with Crippen molar-refractivity contribution in [2.45, 2.75) is 4.90 Å². The molecule has 0 aliphatic heterocycles. The lowest BCUT2D eigenvalue weighted by molar-refractivity contribution is -0.131. The van der Waals surface area contributed by atoms with Crippen LogP contribution in [-0.4, -0.2) is 40.7 Å². The van der Waals surface area contributed by atoms with Crippen molar-refractivity contribution in [2.75, 3.05) is 23.5 Å². The van der Waals surface area contributed by atoms with Crippen molar-refractivity contribution in [3.05, 3.63) is 54.6 Å². The smallest absolute Gasteiger partial charge is 0.328 e. The number of amides is 2. The van der Waals surface area contributed by atoms with Crippen molar-refractivity contribution in [1.29, 1.82) is 0 Å². The molecule has 8 nitrogen and oxygen atoms in total. The molecule has 10 heteroatoms. The maximum atomic E-state index is 12.2. The summed E-state index contributed by atoms with van der Waals surface area (Å²) in [5.41, 5.74) is 1.31. The molecule has 0 saturated heterocycles. The van der Waals surface area contributed by atoms with Crippen LogP contribution in [0.3, 0.4) is 0 Å². The summed E-state index contributed by atoms with van der Waals surface area (Å²) >= 11 is 2.72. The van der Waals surface area contributed by atoms with E-state index in [2.05, 4.69) is 15.6 Å². The lowest BCUT2D eigenvalue weighted by Gasteiger charge is -2.05. The van der Waals surface area contributed by atoms with Crippen molar-refractivity contribution in [3.63, 3.8) is 0 Å². The van der Waals surface area contributed by atoms with Gasteiger partial charge in [-0.3, -0.25) is 9.59 Å². The molecule has 154 valence electrons. The van der Waals surface area contributed by atoms with E-state index in [1.807, 2.05) is 18.2 Å². The van der Waals surface area contributed by atoms with Gasteiger partial charge in [-0.25, -0.2) is 9.78 Å². The van der Waals surface area contributed by atoms with Gasteiger partial charge in [-0.05, 0) is 42.5 Å². The highest BCUT2D eigenvalue weighted by Gasteiger charge is 2.09. The van der Waals surface area contributed by atoms with Crippen LogP contribution in [0, 0.1) is 0 Å². The monoisotopic (exact) mass is 443 g/mol. The van der Waals surface area contributed by atoms with E-state index in [9.17, 15) is 14.4 Å². The molecule has 1 heterocycles. The molecule has 0 saturated carbocycles. The van der Waals surface area contributed by atoms with E-state index in [0.717, 1.165) is 33.0 Å². The largest absolute Gasteiger partial charge is 0.497 e. The van der Waals surface area contributed by atoms with Gasteiger partial charge in [0.05, 0.1) is 23.1 Å². The summed E-state index contributed by atoms with van der Waals surface area (Å²) in [7, 11) is 1.60. The van der Waals surface area contributed by atoms with Gasteiger partial charge in [0.1, 0.15) is 5.75 Å². The molecule has 0 spiro atoms. The van der Waals surface area contributed by atoms with Crippen LogP contribution in [0.1, 0.15) is 0 Å². The number of nitrogens with one attached hydrogen (secondary N) is 2. The molecule has 0 fully saturated rings. The average molecular weight is 444 g/mol. The van der Waals surface area contributed by atoms with Gasteiger partial charge in [0.25, 0.3) is 0 Å². The number of carboxylic acids is 1. The zero-order valence-corrected chi connectivity index (χ0v) is 17.4. The van der Waals surface area contributed by atoms with Gasteiger partial charge in [-0.2, -0.15) is 0 Å². The second-order valence-corrected chi connectivity index (χ2v) is 7.95. The predicted octanol–water partition coefficient (Wildman–Crippen LogP) is 3.62. The quantitative estimate of drug-likeness (QED) is 0.359. The molecule has 0 bridgehead atoms. The Morgan fingerprint density at radius 3 is 2.60 bits per heavy atom. The number of anilines is 2. The third kappa shape index (κ3) is 6.06. The summed E-state index contributed by atoms with van der Waals surface area (Å²) in [6.07, 6.45) is 1.70. The third-order valence-electron chi connectivity index (χ3n) is 3.71. The molecular formula is C20H17N3O5S2. The zero-order valence-electron chi connectivity index (χ0n) is 15.7. The average Bonchev–Trinajstić information content (AvgIpc) is 3.13. The van der Waals surface area contributed by atoms with Gasteiger partial charge >= 0.3 is 5.97 Å². The molecule has 3 N–H and O–H groups in total. The number of thioether (sulfide) groups is 1. The highest BCUT2D eigenvalue weighted by molar-refractivity contribution is 8.00. The highest BCUT2D eigenvalue weighted by Crippen LogP contribution is 2.29. The van der Waals surface area contributed by atoms with E-state index in [0.29, 0.717) is 10.8 Å². The molecule has 3 aromatic rings. The minimum absolute atomic E-state index is 0.179. The number of fused-ring (bicyclic) bond motifs is 1. The number of rotatable bonds is 8. The number of carbonyl (C=O) groups is 3. The minimum Gasteiger partial charge on any atom is -0.497 e. The van der Waals surface area contributed by atoms with E-state index in [-0.39, 0.29) is 11.7 Å². The zero-order chi connectivity index (χ0) is 21.5. The standard InChI is InChI=1S/C20H17N3O5S2/c1-28-13-4-7-15-16(10-13)30-20(22-15)23-18(25)11-29-14-5-2-12(3-6-14)21-17(24)8-9-19(26)27/h2-10H,11H2,1H3,(H,21,24)(H,26,27)(H,22,23,25)/b9-8+. The fraction of sp³-hybridized carbons (Fsp3) is 0.100. The Morgan fingerprint density at radius 2 is 1.90 bits per heavy atom. The van der Waals surface area contributed by atoms with Gasteiger partial charge in [0, 0.05) is 22.7 Å². The van der Waals surface area contributed by atoms with Crippen LogP contribution in [0.5, 0.6) is 5.75 Å². The Morgan fingerprint density at radius 1 is 1.13 bits per heavy atom. The molecule has 0 atom stereocenters. The number of hydrogen-bond donors (Lipinski definition) is 3. The number of nitrogens with zero attached hydrogens (tertiary/aromatic N) is 1. The molecule has 2 aromatic carbocycles. The molecule has 0 aliphatic carbocycles. The van der Waals surface area contributed by atoms with Gasteiger partial charge in [0.15, 0.2) is 5.13 Å². The molecule has 0 unspecified atom stereocenters. The first-order valence-electron chi connectivity index (χ1n) is 8.62. The van der Waals surface area contributed by atoms with Crippen LogP contribution in [0.2, 0.25) is 0 Å². The van der Waals surface area contributed by atoms with Crippen LogP contribution in [0.15, 0.2) is 59.5 Å². The first kappa shape index (κ1) is 21.3. The number of carboxylic acid groups (broad SMARTS) is 1. The summed E-state index contributed by atoms with van der Waals surface area (Å²) in [5, 5.41) is 14.4. The fourth-order valence-electron chi connectivity index (χ4n) is 2.36. The van der Waals surface area contributed by atoms with Gasteiger partial charge in [-0.15, -0.1) is 11.8 Å². The SMILES string of the molecule is COc1ccc2nc(NC(=O)CSc3ccc(NC(=O)/C=C/C(=O)O)cc3)sc2c1. The number of ether oxygens (including phenoxy) is 1. The summed E-state index contributed by atoms with van der Waals surface area (Å²) < 4.78 is 6.11. The lowest BCUT2D eigenvalue weighted by atomic mass is 10.3. The molecule has 30 heavy (non-hydrogen) atoms. The van der Waals surface area contributed by atoms with Crippen LogP contribution >= 0.6 is 23.1 Å². The highest BCUT2D eigenvalue weighted by atomic mass is 32.2. The Labute approximate surface area is 180 Å². The normalized spacial score (nSPS) is 10.8. The van der Waals surface area contributed by atoms with E-state index in [4.69, 9.17) is 9.84 Å². The minimum atomic E-state index is -1.19. The number of hydrogen-bond acceptors (Lipinski definition) is 7. The number of benzene rings is 2. The van der Waals surface area contributed by atoms with Crippen molar-refractivity contribution in [1.82, 2.24) is 4.98 Å². The fourth-order valence-corrected chi connectivity index (χ4v) is 3.96. The Balaban J connectivity index is 1.51. The van der Waals surface area contributed by atoms with E-state index in [1.165, 1.54) is 23.1 Å². The second-order valence-electron chi connectivity index (χ2n) is 5.87. The summed E-state index contributed by atoms with van der Waals surface area (Å²) in [5.74, 6) is -0.975. The van der Waals surface area contributed by atoms with Crippen molar-refractivity contribution >= 4 is 61.9 Å². The van der Waals surface area contributed by atoms with Gasteiger partial charge in [-0.1, -0.05) is 11.3 Å². The predicted molar refractivity (Wildman–Crippen MR) is 117 cm³/mol. The van der Waals surface area contributed by atoms with Gasteiger partial charge < -0.3 is 20.5 Å².